The zero-order valence-electron chi connectivity index (χ0n) is 13.5. The van der Waals surface area contributed by atoms with Gasteiger partial charge in [0.15, 0.2) is 0 Å². The lowest BCUT2D eigenvalue weighted by molar-refractivity contribution is 0.0698. The molecule has 142 valence electrons. The number of pyridine rings is 1. The van der Waals surface area contributed by atoms with Crippen molar-refractivity contribution < 1.29 is 28.0 Å². The number of aliphatic hydroxyl groups is 1. The highest BCUT2D eigenvalue weighted by Crippen LogP contribution is 2.16. The summed E-state index contributed by atoms with van der Waals surface area (Å²) in [5, 5.41) is 20.8. The molecule has 0 aliphatic heterocycles. The SMILES string of the molecule is O=C(O)c1cc(=O)n(CCO)c2[nH]n(-c3ccc(S(=O)(=O)O)cc3)c(=O)c12. The number of fused-ring (bicyclic) bond motifs is 1. The number of carboxylic acid groups (broad SMARTS) is 1. The van der Waals surface area contributed by atoms with Crippen molar-refractivity contribution in [1.29, 1.82) is 0 Å². The minimum Gasteiger partial charge on any atom is -0.478 e. The van der Waals surface area contributed by atoms with Crippen LogP contribution in [-0.2, 0) is 16.7 Å². The summed E-state index contributed by atoms with van der Waals surface area (Å²) in [6.45, 7) is -0.589. The van der Waals surface area contributed by atoms with Gasteiger partial charge in [-0.05, 0) is 24.3 Å². The summed E-state index contributed by atoms with van der Waals surface area (Å²) in [4.78, 5) is 35.9. The van der Waals surface area contributed by atoms with Gasteiger partial charge in [-0.1, -0.05) is 0 Å². The van der Waals surface area contributed by atoms with Crippen molar-refractivity contribution >= 4 is 27.1 Å². The van der Waals surface area contributed by atoms with Gasteiger partial charge in [-0.3, -0.25) is 23.8 Å². The third-order valence-corrected chi connectivity index (χ3v) is 4.76. The number of carboxylic acids is 1. The predicted octanol–water partition coefficient (Wildman–Crippen LogP) is -0.582. The monoisotopic (exact) mass is 395 g/mol. The molecule has 3 aromatic rings. The number of rotatable bonds is 5. The topological polar surface area (TPSA) is 172 Å². The quantitative estimate of drug-likeness (QED) is 0.415. The fourth-order valence-corrected chi connectivity index (χ4v) is 3.17. The van der Waals surface area contributed by atoms with Gasteiger partial charge in [0.1, 0.15) is 5.65 Å². The molecule has 0 bridgehead atoms. The first-order chi connectivity index (χ1) is 12.6. The number of aliphatic hydroxyl groups excluding tert-OH is 1. The fraction of sp³-hybridized carbons (Fsp3) is 0.133. The van der Waals surface area contributed by atoms with Crippen LogP contribution in [0.3, 0.4) is 0 Å². The van der Waals surface area contributed by atoms with E-state index < -0.39 is 39.4 Å². The third kappa shape index (κ3) is 3.16. The van der Waals surface area contributed by atoms with E-state index >= 15 is 0 Å². The lowest BCUT2D eigenvalue weighted by Crippen LogP contribution is -2.24. The summed E-state index contributed by atoms with van der Waals surface area (Å²) in [7, 11) is -4.42. The lowest BCUT2D eigenvalue weighted by Gasteiger charge is -2.06. The maximum atomic E-state index is 12.7. The largest absolute Gasteiger partial charge is 0.478 e. The zero-order valence-corrected chi connectivity index (χ0v) is 14.3. The molecule has 27 heavy (non-hydrogen) atoms. The highest BCUT2D eigenvalue weighted by molar-refractivity contribution is 7.85. The van der Waals surface area contributed by atoms with Crippen molar-refractivity contribution in [3.05, 3.63) is 56.6 Å². The predicted molar refractivity (Wildman–Crippen MR) is 92.0 cm³/mol. The van der Waals surface area contributed by atoms with Crippen molar-refractivity contribution in [2.24, 2.45) is 0 Å². The first-order valence-corrected chi connectivity index (χ1v) is 8.90. The molecule has 2 aromatic heterocycles. The molecule has 0 unspecified atom stereocenters. The molecule has 0 fully saturated rings. The van der Waals surface area contributed by atoms with E-state index in [9.17, 15) is 27.9 Å². The average Bonchev–Trinajstić information content (AvgIpc) is 2.94. The van der Waals surface area contributed by atoms with Crippen molar-refractivity contribution in [2.75, 3.05) is 6.61 Å². The van der Waals surface area contributed by atoms with Crippen molar-refractivity contribution in [1.82, 2.24) is 14.3 Å². The van der Waals surface area contributed by atoms with Crippen molar-refractivity contribution in [3.63, 3.8) is 0 Å². The minimum absolute atomic E-state index is 0.0993. The lowest BCUT2D eigenvalue weighted by atomic mass is 10.2. The van der Waals surface area contributed by atoms with Gasteiger partial charge in [-0.25, -0.2) is 9.48 Å². The fourth-order valence-electron chi connectivity index (χ4n) is 2.69. The summed E-state index contributed by atoms with van der Waals surface area (Å²) < 4.78 is 33.2. The molecular weight excluding hydrogens is 382 g/mol. The molecular formula is C15H13N3O8S. The first-order valence-electron chi connectivity index (χ1n) is 7.46. The molecule has 0 amide bonds. The van der Waals surface area contributed by atoms with E-state index in [2.05, 4.69) is 5.10 Å². The second-order valence-corrected chi connectivity index (χ2v) is 6.94. The molecule has 0 aliphatic rings. The Hall–Kier alpha value is -3.22. The highest BCUT2D eigenvalue weighted by atomic mass is 32.2. The summed E-state index contributed by atoms with van der Waals surface area (Å²) in [6.07, 6.45) is 0. The number of benzene rings is 1. The number of hydrogen-bond donors (Lipinski definition) is 4. The highest BCUT2D eigenvalue weighted by Gasteiger charge is 2.21. The second kappa shape index (κ2) is 6.50. The molecule has 0 saturated carbocycles. The van der Waals surface area contributed by atoms with Gasteiger partial charge in [0, 0.05) is 6.07 Å². The normalized spacial score (nSPS) is 11.8. The number of aromatic nitrogens is 3. The molecule has 0 atom stereocenters. The maximum absolute atomic E-state index is 12.7. The zero-order chi connectivity index (χ0) is 19.9. The van der Waals surface area contributed by atoms with Crippen LogP contribution in [0.25, 0.3) is 16.7 Å². The smallest absolute Gasteiger partial charge is 0.336 e. The van der Waals surface area contributed by atoms with Gasteiger partial charge in [0.05, 0.1) is 34.7 Å². The van der Waals surface area contributed by atoms with E-state index in [1.807, 2.05) is 0 Å². The van der Waals surface area contributed by atoms with E-state index in [-0.39, 0.29) is 28.2 Å². The van der Waals surface area contributed by atoms with Gasteiger partial charge in [-0.15, -0.1) is 0 Å². The molecule has 2 heterocycles. The van der Waals surface area contributed by atoms with Crippen LogP contribution in [-0.4, -0.2) is 50.1 Å². The molecule has 4 N–H and O–H groups in total. The molecule has 0 saturated heterocycles. The van der Waals surface area contributed by atoms with Crippen LogP contribution in [0.4, 0.5) is 0 Å². The van der Waals surface area contributed by atoms with Crippen molar-refractivity contribution in [3.8, 4) is 5.69 Å². The Morgan fingerprint density at radius 2 is 1.78 bits per heavy atom. The van der Waals surface area contributed by atoms with Gasteiger partial charge in [0.2, 0.25) is 0 Å². The number of nitrogens with zero attached hydrogens (tertiary/aromatic N) is 2. The van der Waals surface area contributed by atoms with E-state index in [0.717, 1.165) is 27.4 Å². The summed E-state index contributed by atoms with van der Waals surface area (Å²) in [6, 6.07) is 5.34. The van der Waals surface area contributed by atoms with Crippen molar-refractivity contribution in [2.45, 2.75) is 11.4 Å². The minimum atomic E-state index is -4.42. The number of hydrogen-bond acceptors (Lipinski definition) is 6. The van der Waals surface area contributed by atoms with E-state index in [1.54, 1.807) is 0 Å². The number of aromatic carboxylic acids is 1. The molecule has 0 spiro atoms. The Morgan fingerprint density at radius 3 is 2.30 bits per heavy atom. The van der Waals surface area contributed by atoms with E-state index in [4.69, 9.17) is 9.66 Å². The number of H-pyrrole nitrogens is 1. The molecule has 0 aliphatic carbocycles. The van der Waals surface area contributed by atoms with Crippen LogP contribution in [0.1, 0.15) is 10.4 Å². The standard InChI is InChI=1S/C15H13N3O8S/c19-6-5-17-11(20)7-10(15(22)23)12-13(17)16-18(14(12)21)8-1-3-9(4-2-8)27(24,25)26/h1-4,7,16,19H,5-6H2,(H,22,23)(H,24,25,26). The van der Waals surface area contributed by atoms with Gasteiger partial charge in [-0.2, -0.15) is 8.42 Å². The van der Waals surface area contributed by atoms with Gasteiger partial charge in [0.25, 0.3) is 21.2 Å². The Kier molecular flexibility index (Phi) is 4.47. The first kappa shape index (κ1) is 18.6. The summed E-state index contributed by atoms with van der Waals surface area (Å²) >= 11 is 0. The Bertz CT molecular complexity index is 1270. The van der Waals surface area contributed by atoms with E-state index in [0.29, 0.717) is 0 Å². The third-order valence-electron chi connectivity index (χ3n) is 3.89. The molecule has 0 radical (unpaired) electrons. The van der Waals surface area contributed by atoms with Crippen LogP contribution in [0.2, 0.25) is 0 Å². The van der Waals surface area contributed by atoms with Gasteiger partial charge >= 0.3 is 5.97 Å². The Morgan fingerprint density at radius 1 is 1.15 bits per heavy atom. The summed E-state index contributed by atoms with van der Waals surface area (Å²) in [5.41, 5.74) is -1.96. The Balaban J connectivity index is 2.33. The van der Waals surface area contributed by atoms with E-state index in [1.165, 1.54) is 12.1 Å². The number of carbonyl (C=O) groups is 1. The van der Waals surface area contributed by atoms with Crippen LogP contribution < -0.4 is 11.1 Å². The Labute approximate surface area is 150 Å². The maximum Gasteiger partial charge on any atom is 0.336 e. The van der Waals surface area contributed by atoms with Crippen LogP contribution in [0, 0.1) is 0 Å². The van der Waals surface area contributed by atoms with Crippen LogP contribution in [0.15, 0.2) is 44.8 Å². The molecule has 3 rings (SSSR count). The summed E-state index contributed by atoms with van der Waals surface area (Å²) in [5.74, 6) is -1.47. The molecule has 11 nitrogen and oxygen atoms in total. The average molecular weight is 395 g/mol. The number of nitrogens with one attached hydrogen (secondary N) is 1. The molecule has 12 heteroatoms. The second-order valence-electron chi connectivity index (χ2n) is 5.52. The van der Waals surface area contributed by atoms with Crippen LogP contribution >= 0.6 is 0 Å². The van der Waals surface area contributed by atoms with Crippen LogP contribution in [0.5, 0.6) is 0 Å². The van der Waals surface area contributed by atoms with Gasteiger partial charge < -0.3 is 10.2 Å². The molecule has 1 aromatic carbocycles. The number of aromatic amines is 1.